The van der Waals surface area contributed by atoms with Crippen LogP contribution in [0.5, 0.6) is 0 Å². The second-order valence-electron chi connectivity index (χ2n) is 26.0. The van der Waals surface area contributed by atoms with Crippen LogP contribution in [0.4, 0.5) is 0 Å². The Morgan fingerprint density at radius 1 is 0.407 bits per heavy atom. The zero-order valence-corrected chi connectivity index (χ0v) is 57.6. The van der Waals surface area contributed by atoms with Crippen LogP contribution in [0.1, 0.15) is 303 Å². The SMILES string of the molecule is CC/C=C\C/C=C\C/C=C\C/C=C\C/C=C\C/C=C\C/C=C\CCCCCCCC(=O)NC(COC1OC(CO)C(OC2OC(CO)C(O)C(O)C2O)C(O)C1O)C(O)CCCCCCCCCCCCCCCCCCCCCCCCCCCCCCCC. The standard InChI is InChI=1S/C77H137NO13/c1-3-5-7-9-11-13-15-17-19-21-23-25-27-29-31-32-33-35-36-38-40-42-44-46-48-50-52-54-56-58-60-66(81)65(64-88-76-74(87)72(85)75(68(63-80)90-76)91-77-73(86)71(84)70(83)67(62-79)89-77)78-69(82)61-59-57-55-53-51-49-47-45-43-41-39-37-34-30-28-26-24-22-20-18-16-14-12-10-8-6-4-2/h6,8,12,14,18,20,24,26,30,34,39,41,45,47,65-68,70-77,79-81,83-87H,3-5,7,9-11,13,15-17,19,21-23,25,27-29,31-33,35-38,40,42-44,46,48-64H2,1-2H3,(H,78,82)/b8-6-,14-12-,20-18-,26-24-,34-30-,41-39-,47-45-. The van der Waals surface area contributed by atoms with Crippen LogP contribution in [-0.4, -0.2) is 140 Å². The van der Waals surface area contributed by atoms with Gasteiger partial charge in [-0.05, 0) is 70.6 Å². The van der Waals surface area contributed by atoms with Gasteiger partial charge in [-0.25, -0.2) is 0 Å². The molecule has 1 amide bonds. The van der Waals surface area contributed by atoms with Gasteiger partial charge in [0, 0.05) is 6.42 Å². The van der Waals surface area contributed by atoms with E-state index < -0.39 is 86.8 Å². The van der Waals surface area contributed by atoms with Crippen molar-refractivity contribution in [1.29, 1.82) is 0 Å². The molecule has 0 bridgehead atoms. The van der Waals surface area contributed by atoms with E-state index in [2.05, 4.69) is 104 Å². The molecule has 2 aliphatic heterocycles. The van der Waals surface area contributed by atoms with Crippen molar-refractivity contribution in [2.45, 2.75) is 376 Å². The molecular formula is C77H137NO13. The molecule has 12 unspecified atom stereocenters. The van der Waals surface area contributed by atoms with Gasteiger partial charge in [-0.2, -0.15) is 0 Å². The summed E-state index contributed by atoms with van der Waals surface area (Å²) in [6, 6.07) is -0.848. The number of rotatable bonds is 61. The first-order chi connectivity index (χ1) is 44.6. The predicted octanol–water partition coefficient (Wildman–Crippen LogP) is 16.0. The molecule has 0 aliphatic carbocycles. The Kier molecular flexibility index (Phi) is 56.3. The van der Waals surface area contributed by atoms with Crippen LogP contribution in [-0.2, 0) is 23.7 Å². The monoisotopic (exact) mass is 1280 g/mol. The van der Waals surface area contributed by atoms with E-state index in [1.54, 1.807) is 0 Å². The number of carbonyl (C=O) groups excluding carboxylic acids is 1. The van der Waals surface area contributed by atoms with Gasteiger partial charge in [0.2, 0.25) is 5.91 Å². The average molecular weight is 1280 g/mol. The largest absolute Gasteiger partial charge is 0.394 e. The molecule has 2 heterocycles. The summed E-state index contributed by atoms with van der Waals surface area (Å²) in [6.07, 6.45) is 67.4. The molecule has 2 fully saturated rings. The fourth-order valence-electron chi connectivity index (χ4n) is 12.0. The van der Waals surface area contributed by atoms with Crippen LogP contribution >= 0.6 is 0 Å². The molecule has 2 saturated heterocycles. The maximum absolute atomic E-state index is 13.4. The zero-order valence-electron chi connectivity index (χ0n) is 57.6. The summed E-state index contributed by atoms with van der Waals surface area (Å²) < 4.78 is 22.9. The van der Waals surface area contributed by atoms with Crippen molar-refractivity contribution in [2.75, 3.05) is 19.8 Å². The van der Waals surface area contributed by atoms with E-state index in [0.717, 1.165) is 103 Å². The Hall–Kier alpha value is -2.83. The highest BCUT2D eigenvalue weighted by molar-refractivity contribution is 5.76. The average Bonchev–Trinajstić information content (AvgIpc) is 1.07. The lowest BCUT2D eigenvalue weighted by Gasteiger charge is -2.46. The van der Waals surface area contributed by atoms with Crippen LogP contribution in [0.25, 0.3) is 0 Å². The predicted molar refractivity (Wildman–Crippen MR) is 373 cm³/mol. The van der Waals surface area contributed by atoms with Crippen LogP contribution in [0.3, 0.4) is 0 Å². The molecule has 91 heavy (non-hydrogen) atoms. The smallest absolute Gasteiger partial charge is 0.220 e. The lowest BCUT2D eigenvalue weighted by Crippen LogP contribution is -2.65. The van der Waals surface area contributed by atoms with Crippen molar-refractivity contribution in [3.05, 3.63) is 85.1 Å². The van der Waals surface area contributed by atoms with E-state index in [1.807, 2.05) is 0 Å². The van der Waals surface area contributed by atoms with E-state index in [4.69, 9.17) is 18.9 Å². The van der Waals surface area contributed by atoms with Gasteiger partial charge >= 0.3 is 0 Å². The van der Waals surface area contributed by atoms with Crippen molar-refractivity contribution in [3.63, 3.8) is 0 Å². The molecule has 0 radical (unpaired) electrons. The number of allylic oxidation sites excluding steroid dienone is 14. The van der Waals surface area contributed by atoms with E-state index in [1.165, 1.54) is 167 Å². The van der Waals surface area contributed by atoms with Gasteiger partial charge in [-0.1, -0.05) is 311 Å². The molecule has 528 valence electrons. The Morgan fingerprint density at radius 3 is 1.16 bits per heavy atom. The van der Waals surface area contributed by atoms with Crippen LogP contribution in [0, 0.1) is 0 Å². The molecule has 14 heteroatoms. The van der Waals surface area contributed by atoms with Gasteiger partial charge in [0.25, 0.3) is 0 Å². The first-order valence-corrected chi connectivity index (χ1v) is 37.3. The number of nitrogens with one attached hydrogen (secondary N) is 1. The van der Waals surface area contributed by atoms with Crippen LogP contribution in [0.2, 0.25) is 0 Å². The second-order valence-corrected chi connectivity index (χ2v) is 26.0. The third kappa shape index (κ3) is 44.5. The first-order valence-electron chi connectivity index (χ1n) is 37.3. The summed E-state index contributed by atoms with van der Waals surface area (Å²) in [5.41, 5.74) is 0. The molecule has 2 aliphatic rings. The number of aliphatic hydroxyl groups is 8. The molecule has 0 aromatic carbocycles. The van der Waals surface area contributed by atoms with Gasteiger partial charge < -0.3 is 65.1 Å². The highest BCUT2D eigenvalue weighted by Crippen LogP contribution is 2.30. The number of unbranched alkanes of at least 4 members (excludes halogenated alkanes) is 34. The topological polar surface area (TPSA) is 228 Å². The molecular weight excluding hydrogens is 1150 g/mol. The number of carbonyl (C=O) groups is 1. The van der Waals surface area contributed by atoms with Gasteiger partial charge in [0.05, 0.1) is 32.0 Å². The molecule has 0 aromatic rings. The van der Waals surface area contributed by atoms with Crippen molar-refractivity contribution in [2.24, 2.45) is 0 Å². The summed E-state index contributed by atoms with van der Waals surface area (Å²) in [5, 5.41) is 87.7. The minimum absolute atomic E-state index is 0.225. The van der Waals surface area contributed by atoms with E-state index in [9.17, 15) is 45.6 Å². The lowest BCUT2D eigenvalue weighted by atomic mass is 9.97. The summed E-state index contributed by atoms with van der Waals surface area (Å²) in [4.78, 5) is 13.4. The molecule has 2 rings (SSSR count). The fraction of sp³-hybridized carbons (Fsp3) is 0.805. The summed E-state index contributed by atoms with van der Waals surface area (Å²) in [6.45, 7) is 2.77. The quantitative estimate of drug-likeness (QED) is 0.0204. The van der Waals surface area contributed by atoms with Gasteiger partial charge in [-0.15, -0.1) is 0 Å². The summed E-state index contributed by atoms with van der Waals surface area (Å²) in [7, 11) is 0. The minimum Gasteiger partial charge on any atom is -0.394 e. The third-order valence-corrected chi connectivity index (χ3v) is 17.9. The number of hydrogen-bond acceptors (Lipinski definition) is 13. The van der Waals surface area contributed by atoms with Crippen molar-refractivity contribution < 1.29 is 64.6 Å². The van der Waals surface area contributed by atoms with Gasteiger partial charge in [-0.3, -0.25) is 4.79 Å². The fourth-order valence-corrected chi connectivity index (χ4v) is 12.0. The van der Waals surface area contributed by atoms with E-state index in [0.29, 0.717) is 12.8 Å². The second kappa shape index (κ2) is 60.8. The van der Waals surface area contributed by atoms with E-state index in [-0.39, 0.29) is 18.9 Å². The van der Waals surface area contributed by atoms with Crippen molar-refractivity contribution in [3.8, 4) is 0 Å². The minimum atomic E-state index is -1.79. The normalized spacial score (nSPS) is 23.3. The molecule has 0 saturated carbocycles. The molecule has 0 spiro atoms. The Morgan fingerprint density at radius 2 is 0.758 bits per heavy atom. The number of amides is 1. The first kappa shape index (κ1) is 84.3. The van der Waals surface area contributed by atoms with Gasteiger partial charge in [0.15, 0.2) is 12.6 Å². The third-order valence-electron chi connectivity index (χ3n) is 17.9. The summed E-state index contributed by atoms with van der Waals surface area (Å²) in [5.74, 6) is -0.225. The maximum Gasteiger partial charge on any atom is 0.220 e. The van der Waals surface area contributed by atoms with Crippen LogP contribution in [0.15, 0.2) is 85.1 Å². The van der Waals surface area contributed by atoms with Gasteiger partial charge in [0.1, 0.15) is 48.8 Å². The number of hydrogen-bond donors (Lipinski definition) is 9. The maximum atomic E-state index is 13.4. The zero-order chi connectivity index (χ0) is 65.9. The molecule has 9 N–H and O–H groups in total. The van der Waals surface area contributed by atoms with Crippen molar-refractivity contribution in [1.82, 2.24) is 5.32 Å². The van der Waals surface area contributed by atoms with Crippen molar-refractivity contribution >= 4 is 5.91 Å². The number of ether oxygens (including phenoxy) is 4. The Bertz CT molecular complexity index is 1850. The summed E-state index contributed by atoms with van der Waals surface area (Å²) >= 11 is 0. The Labute approximate surface area is 554 Å². The lowest BCUT2D eigenvalue weighted by molar-refractivity contribution is -0.359. The Balaban J connectivity index is 1.66. The molecule has 0 aromatic heterocycles. The molecule has 14 nitrogen and oxygen atoms in total. The van der Waals surface area contributed by atoms with E-state index >= 15 is 0 Å². The van der Waals surface area contributed by atoms with Crippen LogP contribution < -0.4 is 5.32 Å². The number of aliphatic hydroxyl groups excluding tert-OH is 8. The molecule has 12 atom stereocenters. The highest BCUT2D eigenvalue weighted by atomic mass is 16.7. The highest BCUT2D eigenvalue weighted by Gasteiger charge is 2.51.